The molecule has 1 heterocycles. The first-order valence-electron chi connectivity index (χ1n) is 11.6. The van der Waals surface area contributed by atoms with Gasteiger partial charge in [0, 0.05) is 5.92 Å². The first kappa shape index (κ1) is 24.2. The summed E-state index contributed by atoms with van der Waals surface area (Å²) in [7, 11) is 0. The molecule has 1 unspecified atom stereocenters. The van der Waals surface area contributed by atoms with Crippen molar-refractivity contribution < 1.29 is 18.9 Å². The average Bonchev–Trinajstić information content (AvgIpc) is 3.43. The third kappa shape index (κ3) is 5.64. The maximum absolute atomic E-state index is 6.53. The normalized spacial score (nSPS) is 27.2. The smallest absolute Gasteiger partial charge is 0.115 e. The van der Waals surface area contributed by atoms with Crippen molar-refractivity contribution in [1.82, 2.24) is 0 Å². The van der Waals surface area contributed by atoms with E-state index in [-0.39, 0.29) is 33.6 Å². The number of rotatable bonds is 10. The van der Waals surface area contributed by atoms with Crippen LogP contribution in [0.1, 0.15) is 16.7 Å². The summed E-state index contributed by atoms with van der Waals surface area (Å²) < 4.78 is 25.3. The van der Waals surface area contributed by atoms with Crippen LogP contribution in [0.4, 0.5) is 0 Å². The van der Waals surface area contributed by atoms with Crippen LogP contribution in [0.15, 0.2) is 91.0 Å². The minimum atomic E-state index is -0.316. The van der Waals surface area contributed by atoms with Crippen molar-refractivity contribution in [2.24, 2.45) is 5.92 Å². The highest BCUT2D eigenvalue weighted by Crippen LogP contribution is 2.63. The van der Waals surface area contributed by atoms with Gasteiger partial charge in [-0.15, -0.1) is 0 Å². The van der Waals surface area contributed by atoms with Gasteiger partial charge in [-0.25, -0.2) is 0 Å². The molecule has 3 aromatic rings. The first-order chi connectivity index (χ1) is 16.6. The van der Waals surface area contributed by atoms with E-state index < -0.39 is 0 Å². The van der Waals surface area contributed by atoms with Crippen molar-refractivity contribution in [3.63, 3.8) is 0 Å². The summed E-state index contributed by atoms with van der Waals surface area (Å²) in [6, 6.07) is 30.6. The van der Waals surface area contributed by atoms with E-state index in [2.05, 4.69) is 68.3 Å². The number of hydrogen-bond acceptors (Lipinski definition) is 4. The lowest BCUT2D eigenvalue weighted by Gasteiger charge is -2.37. The third-order valence-corrected chi connectivity index (χ3v) is 8.33. The summed E-state index contributed by atoms with van der Waals surface area (Å²) >= 11 is 7.63. The summed E-state index contributed by atoms with van der Waals surface area (Å²) in [6.07, 6.45) is -0.661. The molecule has 5 rings (SSSR count). The molecule has 178 valence electrons. The van der Waals surface area contributed by atoms with Crippen molar-refractivity contribution >= 4 is 31.9 Å². The highest BCUT2D eigenvalue weighted by Gasteiger charge is 2.72. The number of ether oxygens (including phenoxy) is 4. The molecule has 1 aliphatic carbocycles. The van der Waals surface area contributed by atoms with E-state index in [4.69, 9.17) is 18.9 Å². The van der Waals surface area contributed by atoms with E-state index in [1.54, 1.807) is 0 Å². The van der Waals surface area contributed by atoms with E-state index in [9.17, 15) is 0 Å². The Hall–Kier alpha value is -1.54. The molecule has 1 saturated carbocycles. The Bertz CT molecular complexity index is 1030. The summed E-state index contributed by atoms with van der Waals surface area (Å²) in [5.74, 6) is 0.141. The Morgan fingerprint density at radius 2 is 1.12 bits per heavy atom. The van der Waals surface area contributed by atoms with Gasteiger partial charge in [0.05, 0.1) is 38.6 Å². The van der Waals surface area contributed by atoms with Crippen molar-refractivity contribution in [1.29, 1.82) is 0 Å². The number of hydrogen-bond donors (Lipinski definition) is 0. The topological polar surface area (TPSA) is 36.9 Å². The molecule has 6 heteroatoms. The third-order valence-electron chi connectivity index (χ3n) is 6.37. The molecule has 1 aliphatic heterocycles. The Balaban J connectivity index is 1.32. The van der Waals surface area contributed by atoms with E-state index in [1.807, 2.05) is 54.6 Å². The highest BCUT2D eigenvalue weighted by atomic mass is 79.9. The van der Waals surface area contributed by atoms with Crippen LogP contribution >= 0.6 is 31.9 Å². The summed E-state index contributed by atoms with van der Waals surface area (Å²) in [4.78, 5) is 0. The quantitative estimate of drug-likeness (QED) is 0.262. The van der Waals surface area contributed by atoms with E-state index >= 15 is 0 Å². The molecule has 4 nitrogen and oxygen atoms in total. The fourth-order valence-electron chi connectivity index (χ4n) is 4.50. The molecule has 0 spiro atoms. The predicted molar refractivity (Wildman–Crippen MR) is 139 cm³/mol. The van der Waals surface area contributed by atoms with Gasteiger partial charge >= 0.3 is 0 Å². The largest absolute Gasteiger partial charge is 0.374 e. The van der Waals surface area contributed by atoms with Gasteiger partial charge in [0.1, 0.15) is 15.4 Å². The van der Waals surface area contributed by atoms with Gasteiger partial charge in [-0.1, -0.05) is 123 Å². The molecular formula is C28H28Br2O4. The zero-order valence-electron chi connectivity index (χ0n) is 18.8. The highest BCUT2D eigenvalue weighted by molar-refractivity contribution is 9.25. The van der Waals surface area contributed by atoms with Crippen LogP contribution in [0.3, 0.4) is 0 Å². The van der Waals surface area contributed by atoms with Crippen LogP contribution < -0.4 is 0 Å². The van der Waals surface area contributed by atoms with Crippen molar-refractivity contribution in [3.8, 4) is 0 Å². The van der Waals surface area contributed by atoms with Crippen molar-refractivity contribution in [2.75, 3.05) is 6.61 Å². The van der Waals surface area contributed by atoms with Crippen LogP contribution in [0, 0.1) is 5.92 Å². The van der Waals surface area contributed by atoms with Gasteiger partial charge in [0.15, 0.2) is 0 Å². The number of halogens is 2. The summed E-state index contributed by atoms with van der Waals surface area (Å²) in [5, 5.41) is 0. The maximum atomic E-state index is 6.53. The van der Waals surface area contributed by atoms with Gasteiger partial charge < -0.3 is 18.9 Å². The lowest BCUT2D eigenvalue weighted by atomic mass is 10.0. The van der Waals surface area contributed by atoms with Gasteiger partial charge in [0.25, 0.3) is 0 Å². The van der Waals surface area contributed by atoms with Crippen LogP contribution in [-0.4, -0.2) is 34.3 Å². The molecule has 0 N–H and O–H groups in total. The fraction of sp³-hybridized carbons (Fsp3) is 0.357. The molecule has 0 bridgehead atoms. The number of fused-ring (bicyclic) bond motifs is 1. The minimum absolute atomic E-state index is 0.00447. The van der Waals surface area contributed by atoms with Gasteiger partial charge in [0.2, 0.25) is 0 Å². The molecule has 0 radical (unpaired) electrons. The summed E-state index contributed by atoms with van der Waals surface area (Å²) in [6.45, 7) is 1.97. The van der Waals surface area contributed by atoms with E-state index in [0.717, 1.165) is 16.7 Å². The average molecular weight is 588 g/mol. The standard InChI is InChI=1S/C28H28Br2O4/c29-28(30)24-26(33-18-22-14-8-3-9-15-22)25(32-17-21-12-6-2-7-13-21)23(34-27(24)28)19-31-16-20-10-4-1-5-11-20/h1-15,23-27H,16-19H2/t23-,24+,25+,26+,27?/m1/s1. The molecule has 2 aliphatic rings. The molecule has 1 saturated heterocycles. The molecule has 34 heavy (non-hydrogen) atoms. The van der Waals surface area contributed by atoms with Crippen LogP contribution in [0.2, 0.25) is 0 Å². The second kappa shape index (κ2) is 11.0. The van der Waals surface area contributed by atoms with Gasteiger partial charge in [-0.05, 0) is 16.7 Å². The van der Waals surface area contributed by atoms with Gasteiger partial charge in [-0.3, -0.25) is 0 Å². The molecule has 2 fully saturated rings. The SMILES string of the molecule is BrC1(Br)C2O[C@H](COCc3ccccc3)[C@H](OCc3ccccc3)[C@@H](OCc3ccccc3)[C@@H]21. The predicted octanol–water partition coefficient (Wildman–Crippen LogP) is 6.26. The van der Waals surface area contributed by atoms with Crippen molar-refractivity contribution in [2.45, 2.75) is 47.5 Å². The Kier molecular flexibility index (Phi) is 7.83. The Labute approximate surface area is 217 Å². The minimum Gasteiger partial charge on any atom is -0.374 e. The fourth-order valence-corrected chi connectivity index (χ4v) is 6.03. The zero-order valence-corrected chi connectivity index (χ0v) is 21.9. The van der Waals surface area contributed by atoms with E-state index in [0.29, 0.717) is 26.4 Å². The zero-order chi connectivity index (χ0) is 23.4. The number of benzene rings is 3. The first-order valence-corrected chi connectivity index (χ1v) is 13.2. The van der Waals surface area contributed by atoms with E-state index in [1.165, 1.54) is 0 Å². The molecule has 3 aromatic carbocycles. The molecule has 5 atom stereocenters. The second-order valence-electron chi connectivity index (χ2n) is 8.82. The maximum Gasteiger partial charge on any atom is 0.115 e. The van der Waals surface area contributed by atoms with Crippen LogP contribution in [-0.2, 0) is 38.8 Å². The van der Waals surface area contributed by atoms with Gasteiger partial charge in [-0.2, -0.15) is 0 Å². The lowest BCUT2D eigenvalue weighted by molar-refractivity contribution is -0.201. The van der Waals surface area contributed by atoms with Crippen LogP contribution in [0.5, 0.6) is 0 Å². The van der Waals surface area contributed by atoms with Crippen LogP contribution in [0.25, 0.3) is 0 Å². The lowest BCUT2D eigenvalue weighted by Crippen LogP contribution is -2.50. The molecular weight excluding hydrogens is 560 g/mol. The molecule has 0 amide bonds. The number of alkyl halides is 2. The Morgan fingerprint density at radius 3 is 1.65 bits per heavy atom. The Morgan fingerprint density at radius 1 is 0.647 bits per heavy atom. The molecule has 0 aromatic heterocycles. The summed E-state index contributed by atoms with van der Waals surface area (Å²) in [5.41, 5.74) is 3.39. The monoisotopic (exact) mass is 586 g/mol. The van der Waals surface area contributed by atoms with Crippen molar-refractivity contribution in [3.05, 3.63) is 108 Å². The second-order valence-corrected chi connectivity index (χ2v) is 12.5.